The predicted molar refractivity (Wildman–Crippen MR) is 134 cm³/mol. The Morgan fingerprint density at radius 3 is 1.31 bits per heavy atom. The fourth-order valence-corrected chi connectivity index (χ4v) is 5.44. The van der Waals surface area contributed by atoms with Gasteiger partial charge < -0.3 is 105 Å². The first-order valence-electron chi connectivity index (χ1n) is 14.1. The van der Waals surface area contributed by atoms with E-state index in [1.165, 1.54) is 0 Å². The average molecular weight is 667 g/mol. The molecule has 0 saturated carbocycles. The van der Waals surface area contributed by atoms with Gasteiger partial charge in [-0.15, -0.1) is 0 Å². The van der Waals surface area contributed by atoms with Gasteiger partial charge in [-0.25, -0.2) is 0 Å². The number of ether oxygens (including phenoxy) is 7. The first-order valence-corrected chi connectivity index (χ1v) is 14.1. The van der Waals surface area contributed by atoms with Crippen LogP contribution in [0.2, 0.25) is 0 Å². The molecule has 4 fully saturated rings. The van der Waals surface area contributed by atoms with Crippen LogP contribution in [-0.4, -0.2) is 221 Å². The maximum atomic E-state index is 10.9. The second kappa shape index (κ2) is 15.6. The third-order valence-electron chi connectivity index (χ3n) is 8.18. The van der Waals surface area contributed by atoms with Gasteiger partial charge in [-0.3, -0.25) is 0 Å². The van der Waals surface area contributed by atoms with E-state index in [2.05, 4.69) is 0 Å². The normalized spacial score (nSPS) is 52.9. The molecule has 0 spiro atoms. The molecule has 0 aliphatic carbocycles. The lowest BCUT2D eigenvalue weighted by molar-refractivity contribution is -0.380. The van der Waals surface area contributed by atoms with Crippen LogP contribution in [0, 0.1) is 0 Å². The zero-order valence-corrected chi connectivity index (χ0v) is 23.5. The van der Waals surface area contributed by atoms with Crippen molar-refractivity contribution in [3.8, 4) is 0 Å². The number of aliphatic hydroxyl groups excluding tert-OH is 14. The van der Waals surface area contributed by atoms with Crippen molar-refractivity contribution in [1.29, 1.82) is 0 Å². The summed E-state index contributed by atoms with van der Waals surface area (Å²) in [6, 6.07) is 0. The Morgan fingerprint density at radius 1 is 0.378 bits per heavy atom. The van der Waals surface area contributed by atoms with E-state index in [1.807, 2.05) is 0 Å². The van der Waals surface area contributed by atoms with Gasteiger partial charge in [0, 0.05) is 0 Å². The van der Waals surface area contributed by atoms with Crippen LogP contribution >= 0.6 is 0 Å². The van der Waals surface area contributed by atoms with Crippen LogP contribution in [0.1, 0.15) is 0 Å². The number of hydrogen-bond acceptors (Lipinski definition) is 21. The van der Waals surface area contributed by atoms with Crippen LogP contribution in [-0.2, 0) is 33.2 Å². The summed E-state index contributed by atoms with van der Waals surface area (Å²) < 4.78 is 37.5. The first kappa shape index (κ1) is 37.0. The van der Waals surface area contributed by atoms with Crippen LogP contribution in [0.4, 0.5) is 0 Å². The van der Waals surface area contributed by atoms with Crippen LogP contribution in [0.5, 0.6) is 0 Å². The molecule has 4 rings (SSSR count). The molecule has 4 heterocycles. The lowest BCUT2D eigenvalue weighted by atomic mass is 9.96. The molecule has 264 valence electrons. The van der Waals surface area contributed by atoms with Gasteiger partial charge in [0.2, 0.25) is 0 Å². The molecule has 0 aromatic rings. The van der Waals surface area contributed by atoms with Crippen molar-refractivity contribution in [3.05, 3.63) is 0 Å². The highest BCUT2D eigenvalue weighted by Gasteiger charge is 2.53. The predicted octanol–water partition coefficient (Wildman–Crippen LogP) is -9.75. The molecule has 14 N–H and O–H groups in total. The Bertz CT molecular complexity index is 912. The third-order valence-corrected chi connectivity index (χ3v) is 8.18. The molecule has 4 aliphatic heterocycles. The van der Waals surface area contributed by atoms with Gasteiger partial charge in [0.15, 0.2) is 25.2 Å². The second-order valence-corrected chi connectivity index (χ2v) is 11.2. The molecule has 45 heavy (non-hydrogen) atoms. The minimum absolute atomic E-state index is 0.683. The summed E-state index contributed by atoms with van der Waals surface area (Å²) >= 11 is 0. The molecular weight excluding hydrogens is 624 g/mol. The molecule has 0 bridgehead atoms. The summed E-state index contributed by atoms with van der Waals surface area (Å²) in [5.74, 6) is 0. The Balaban J connectivity index is 1.41. The Morgan fingerprint density at radius 2 is 0.778 bits per heavy atom. The SMILES string of the molecule is OC[C@H]1O[C@@H](OC[C@H]2O[C@@H](O[C@H]3[C@H](O)[C@@H](O)[C@H](O[C@H]4[C@H](O)[C@@H](O)C(O)O[C@@H]4CO)O[C@@H]3CO)[C@H](O)[C@@H](O)[C@@H]2O)[C@H](O)[C@@H](O)[C@@H]1O. The number of hydrogen-bond donors (Lipinski definition) is 14. The van der Waals surface area contributed by atoms with Crippen LogP contribution in [0.15, 0.2) is 0 Å². The number of aliphatic hydroxyl groups is 14. The van der Waals surface area contributed by atoms with Crippen LogP contribution in [0.25, 0.3) is 0 Å². The van der Waals surface area contributed by atoms with Gasteiger partial charge in [0.1, 0.15) is 97.7 Å². The van der Waals surface area contributed by atoms with E-state index in [-0.39, 0.29) is 0 Å². The molecule has 0 aromatic heterocycles. The smallest absolute Gasteiger partial charge is 0.187 e. The maximum absolute atomic E-state index is 10.9. The van der Waals surface area contributed by atoms with Gasteiger partial charge >= 0.3 is 0 Å². The van der Waals surface area contributed by atoms with Gasteiger partial charge in [0.25, 0.3) is 0 Å². The quantitative estimate of drug-likeness (QED) is 0.103. The fourth-order valence-electron chi connectivity index (χ4n) is 5.44. The van der Waals surface area contributed by atoms with E-state index in [4.69, 9.17) is 33.2 Å². The van der Waals surface area contributed by atoms with E-state index in [0.29, 0.717) is 0 Å². The molecule has 0 radical (unpaired) electrons. The molecule has 21 heteroatoms. The molecule has 1 unspecified atom stereocenters. The summed E-state index contributed by atoms with van der Waals surface area (Å²) in [6.45, 7) is -3.14. The zero-order chi connectivity index (χ0) is 33.3. The maximum Gasteiger partial charge on any atom is 0.187 e. The lowest BCUT2D eigenvalue weighted by Gasteiger charge is -2.48. The first-order chi connectivity index (χ1) is 21.2. The standard InChI is InChI=1S/C24H42O21/c25-1-5-9(28)11(30)16(35)22(41-5)39-4-8-10(29)12(31)17(36)23(43-8)45-20-7(3-27)42-24(18(37)14(20)33)44-19-6(2-26)40-21(38)15(34)13(19)32/h5-38H,1-4H2/t5-,6-,7-,8-,9-,10-,11+,12+,13-,14-,15-,16-,17-,18-,19-,20-,21?,22-,23+,24+/m1/s1. The van der Waals surface area contributed by atoms with E-state index in [9.17, 15) is 71.5 Å². The second-order valence-electron chi connectivity index (χ2n) is 11.2. The lowest BCUT2D eigenvalue weighted by Crippen LogP contribution is -2.66. The minimum Gasteiger partial charge on any atom is -0.394 e. The largest absolute Gasteiger partial charge is 0.394 e. The van der Waals surface area contributed by atoms with Crippen molar-refractivity contribution < 1.29 is 105 Å². The zero-order valence-electron chi connectivity index (χ0n) is 23.5. The highest BCUT2D eigenvalue weighted by Crippen LogP contribution is 2.32. The van der Waals surface area contributed by atoms with Gasteiger partial charge in [-0.05, 0) is 0 Å². The number of rotatable bonds is 10. The summed E-state index contributed by atoms with van der Waals surface area (Å²) in [5, 5.41) is 142. The summed E-state index contributed by atoms with van der Waals surface area (Å²) in [4.78, 5) is 0. The average Bonchev–Trinajstić information content (AvgIpc) is 3.03. The molecule has 4 saturated heterocycles. The van der Waals surface area contributed by atoms with Crippen LogP contribution < -0.4 is 0 Å². The van der Waals surface area contributed by atoms with Crippen molar-refractivity contribution in [2.24, 2.45) is 0 Å². The van der Waals surface area contributed by atoms with Gasteiger partial charge in [-0.1, -0.05) is 0 Å². The highest BCUT2D eigenvalue weighted by molar-refractivity contribution is 4.96. The van der Waals surface area contributed by atoms with E-state index < -0.39 is 149 Å². The Hall–Kier alpha value is -0.840. The van der Waals surface area contributed by atoms with Crippen LogP contribution in [0.3, 0.4) is 0 Å². The van der Waals surface area contributed by atoms with Crippen molar-refractivity contribution in [2.45, 2.75) is 123 Å². The third kappa shape index (κ3) is 7.59. The molecule has 21 nitrogen and oxygen atoms in total. The monoisotopic (exact) mass is 666 g/mol. The molecule has 0 amide bonds. The molecule has 0 aromatic carbocycles. The van der Waals surface area contributed by atoms with Crippen molar-refractivity contribution >= 4 is 0 Å². The van der Waals surface area contributed by atoms with E-state index >= 15 is 0 Å². The van der Waals surface area contributed by atoms with E-state index in [0.717, 1.165) is 0 Å². The minimum atomic E-state index is -2.00. The summed E-state index contributed by atoms with van der Waals surface area (Å²) in [7, 11) is 0. The molecule has 4 aliphatic rings. The molecular formula is C24H42O21. The van der Waals surface area contributed by atoms with Crippen molar-refractivity contribution in [1.82, 2.24) is 0 Å². The summed E-state index contributed by atoms with van der Waals surface area (Å²) in [5.41, 5.74) is 0. The van der Waals surface area contributed by atoms with Gasteiger partial charge in [0.05, 0.1) is 26.4 Å². The molecule has 20 atom stereocenters. The fraction of sp³-hybridized carbons (Fsp3) is 1.00. The van der Waals surface area contributed by atoms with Gasteiger partial charge in [-0.2, -0.15) is 0 Å². The van der Waals surface area contributed by atoms with E-state index in [1.54, 1.807) is 0 Å². The van der Waals surface area contributed by atoms with Crippen molar-refractivity contribution in [2.75, 3.05) is 26.4 Å². The Labute approximate surface area is 254 Å². The summed E-state index contributed by atoms with van der Waals surface area (Å²) in [6.07, 6.45) is -35.0. The highest BCUT2D eigenvalue weighted by atomic mass is 16.8. The van der Waals surface area contributed by atoms with Crippen molar-refractivity contribution in [3.63, 3.8) is 0 Å². The topological polar surface area (TPSA) is 348 Å². The Kier molecular flexibility index (Phi) is 12.8.